The Morgan fingerprint density at radius 1 is 1.65 bits per heavy atom. The van der Waals surface area contributed by atoms with Crippen LogP contribution in [-0.4, -0.2) is 46.8 Å². The molecule has 1 aromatic rings. The summed E-state index contributed by atoms with van der Waals surface area (Å²) in [5.41, 5.74) is 5.61. The van der Waals surface area contributed by atoms with Crippen molar-refractivity contribution >= 4 is 15.8 Å². The van der Waals surface area contributed by atoms with Crippen molar-refractivity contribution in [2.24, 2.45) is 0 Å². The van der Waals surface area contributed by atoms with E-state index in [2.05, 4.69) is 5.10 Å². The van der Waals surface area contributed by atoms with Gasteiger partial charge in [0.15, 0.2) is 5.82 Å². The molecule has 2 rings (SSSR count). The summed E-state index contributed by atoms with van der Waals surface area (Å²) in [5, 5.41) is 13.3. The highest BCUT2D eigenvalue weighted by Gasteiger charge is 2.34. The van der Waals surface area contributed by atoms with Gasteiger partial charge in [-0.05, 0) is 13.3 Å². The third kappa shape index (κ3) is 2.15. The summed E-state index contributed by atoms with van der Waals surface area (Å²) in [6.45, 7) is 2.85. The fraction of sp³-hybridized carbons (Fsp3) is 0.667. The van der Waals surface area contributed by atoms with Crippen molar-refractivity contribution < 1.29 is 13.5 Å². The topological polar surface area (TPSA) is 101 Å². The smallest absolute Gasteiger partial charge is 0.248 e. The molecule has 0 amide bonds. The van der Waals surface area contributed by atoms with Crippen molar-refractivity contribution in [3.63, 3.8) is 0 Å². The fourth-order valence-corrected chi connectivity index (χ4v) is 3.40. The molecule has 1 aromatic heterocycles. The Labute approximate surface area is 99.9 Å². The van der Waals surface area contributed by atoms with Crippen LogP contribution in [0.1, 0.15) is 13.3 Å². The van der Waals surface area contributed by atoms with Crippen molar-refractivity contribution in [3.05, 3.63) is 6.20 Å². The molecule has 0 unspecified atom stereocenters. The van der Waals surface area contributed by atoms with Crippen molar-refractivity contribution in [1.82, 2.24) is 14.1 Å². The van der Waals surface area contributed by atoms with Crippen molar-refractivity contribution in [3.8, 4) is 0 Å². The Morgan fingerprint density at radius 2 is 2.35 bits per heavy atom. The molecular formula is C9H16N4O3S. The van der Waals surface area contributed by atoms with Gasteiger partial charge in [-0.3, -0.25) is 4.68 Å². The molecule has 7 nitrogen and oxygen atoms in total. The van der Waals surface area contributed by atoms with Crippen LogP contribution < -0.4 is 5.73 Å². The van der Waals surface area contributed by atoms with Crippen LogP contribution in [0.4, 0.5) is 5.82 Å². The lowest BCUT2D eigenvalue weighted by Gasteiger charge is -2.14. The van der Waals surface area contributed by atoms with Crippen molar-refractivity contribution in [2.45, 2.75) is 30.9 Å². The quantitative estimate of drug-likeness (QED) is 0.744. The molecule has 1 saturated heterocycles. The van der Waals surface area contributed by atoms with Crippen molar-refractivity contribution in [2.75, 3.05) is 18.8 Å². The molecule has 0 radical (unpaired) electrons. The van der Waals surface area contributed by atoms with Gasteiger partial charge >= 0.3 is 0 Å². The first-order valence-electron chi connectivity index (χ1n) is 5.46. The average Bonchev–Trinajstić information content (AvgIpc) is 2.85. The predicted octanol–water partition coefficient (Wildman–Crippen LogP) is -0.759. The van der Waals surface area contributed by atoms with Crippen molar-refractivity contribution in [1.29, 1.82) is 0 Å². The second-order valence-electron chi connectivity index (χ2n) is 4.04. The van der Waals surface area contributed by atoms with Gasteiger partial charge in [0.2, 0.25) is 10.0 Å². The summed E-state index contributed by atoms with van der Waals surface area (Å²) in [5.74, 6) is 0.00763. The number of anilines is 1. The molecule has 2 heterocycles. The number of sulfonamides is 1. The highest BCUT2D eigenvalue weighted by Crippen LogP contribution is 2.24. The van der Waals surface area contributed by atoms with Gasteiger partial charge in [0.05, 0.1) is 6.10 Å². The number of hydrogen-bond acceptors (Lipinski definition) is 5. The number of aliphatic hydroxyl groups is 1. The molecule has 1 atom stereocenters. The highest BCUT2D eigenvalue weighted by molar-refractivity contribution is 7.89. The van der Waals surface area contributed by atoms with Crippen LogP contribution >= 0.6 is 0 Å². The lowest BCUT2D eigenvalue weighted by molar-refractivity contribution is 0.189. The van der Waals surface area contributed by atoms with E-state index < -0.39 is 16.1 Å². The number of hydrogen-bond donors (Lipinski definition) is 2. The van der Waals surface area contributed by atoms with E-state index in [0.29, 0.717) is 19.5 Å². The highest BCUT2D eigenvalue weighted by atomic mass is 32.2. The van der Waals surface area contributed by atoms with E-state index in [4.69, 9.17) is 5.73 Å². The van der Waals surface area contributed by atoms with Crippen LogP contribution in [0.2, 0.25) is 0 Å². The number of aryl methyl sites for hydroxylation is 1. The largest absolute Gasteiger partial charge is 0.392 e. The van der Waals surface area contributed by atoms with Gasteiger partial charge in [-0.2, -0.15) is 9.40 Å². The number of aliphatic hydroxyl groups excluding tert-OH is 1. The Kier molecular flexibility index (Phi) is 3.11. The molecule has 0 spiro atoms. The zero-order valence-corrected chi connectivity index (χ0v) is 10.4. The van der Waals surface area contributed by atoms with Crippen LogP contribution in [0.5, 0.6) is 0 Å². The molecule has 0 bridgehead atoms. The van der Waals surface area contributed by atoms with E-state index in [0.717, 1.165) is 0 Å². The summed E-state index contributed by atoms with van der Waals surface area (Å²) in [6.07, 6.45) is 1.29. The first kappa shape index (κ1) is 12.3. The van der Waals surface area contributed by atoms with Gasteiger partial charge in [-0.1, -0.05) is 0 Å². The number of β-amino-alcohol motifs (C(OH)–C–C–N with tert-alkyl or cyclic N) is 1. The molecule has 96 valence electrons. The summed E-state index contributed by atoms with van der Waals surface area (Å²) in [6, 6.07) is 0. The van der Waals surface area contributed by atoms with Gasteiger partial charge in [0.1, 0.15) is 4.90 Å². The summed E-state index contributed by atoms with van der Waals surface area (Å²) < 4.78 is 27.1. The average molecular weight is 260 g/mol. The molecule has 0 aliphatic carbocycles. The molecule has 1 fully saturated rings. The van der Waals surface area contributed by atoms with E-state index in [1.807, 2.05) is 6.92 Å². The maximum atomic E-state index is 12.2. The number of rotatable bonds is 3. The number of nitrogens with two attached hydrogens (primary N) is 1. The predicted molar refractivity (Wildman–Crippen MR) is 61.7 cm³/mol. The molecule has 8 heteroatoms. The van der Waals surface area contributed by atoms with E-state index in [-0.39, 0.29) is 17.3 Å². The van der Waals surface area contributed by atoms with Gasteiger partial charge in [-0.25, -0.2) is 8.42 Å². The lowest BCUT2D eigenvalue weighted by Crippen LogP contribution is -2.30. The number of aromatic nitrogens is 2. The van der Waals surface area contributed by atoms with Gasteiger partial charge < -0.3 is 10.8 Å². The summed E-state index contributed by atoms with van der Waals surface area (Å²) in [7, 11) is -3.63. The number of nitrogens with zero attached hydrogens (tertiary/aromatic N) is 3. The second-order valence-corrected chi connectivity index (χ2v) is 5.95. The van der Waals surface area contributed by atoms with E-state index >= 15 is 0 Å². The Balaban J connectivity index is 2.34. The van der Waals surface area contributed by atoms with E-state index in [1.54, 1.807) is 0 Å². The molecular weight excluding hydrogens is 244 g/mol. The molecule has 1 aliphatic rings. The summed E-state index contributed by atoms with van der Waals surface area (Å²) >= 11 is 0. The Morgan fingerprint density at radius 3 is 2.82 bits per heavy atom. The zero-order valence-electron chi connectivity index (χ0n) is 9.57. The molecule has 3 N–H and O–H groups in total. The molecule has 1 aliphatic heterocycles. The fourth-order valence-electron chi connectivity index (χ4n) is 1.85. The minimum atomic E-state index is -3.63. The first-order valence-corrected chi connectivity index (χ1v) is 6.90. The van der Waals surface area contributed by atoms with E-state index in [1.165, 1.54) is 15.2 Å². The van der Waals surface area contributed by atoms with Gasteiger partial charge in [0.25, 0.3) is 0 Å². The van der Waals surface area contributed by atoms with Crippen LogP contribution in [0.3, 0.4) is 0 Å². The third-order valence-corrected chi connectivity index (χ3v) is 4.70. The van der Waals surface area contributed by atoms with E-state index in [9.17, 15) is 13.5 Å². The SMILES string of the molecule is CCn1cc(S(=O)(=O)N2CC[C@@H](O)C2)c(N)n1. The van der Waals surface area contributed by atoms with Crippen LogP contribution in [-0.2, 0) is 16.6 Å². The standard InChI is InChI=1S/C9H16N4O3S/c1-2-12-6-8(9(10)11-12)17(15,16)13-4-3-7(14)5-13/h6-7,14H,2-5H2,1H3,(H2,10,11)/t7-/m1/s1. The Hall–Kier alpha value is -1.12. The molecule has 0 aromatic carbocycles. The monoisotopic (exact) mass is 260 g/mol. The third-order valence-electron chi connectivity index (χ3n) is 2.82. The minimum absolute atomic E-state index is 0.00763. The molecule has 0 saturated carbocycles. The zero-order chi connectivity index (χ0) is 12.6. The normalized spacial score (nSPS) is 22.1. The van der Waals surface area contributed by atoms with Gasteiger partial charge in [0, 0.05) is 25.8 Å². The van der Waals surface area contributed by atoms with Crippen LogP contribution in [0, 0.1) is 0 Å². The lowest BCUT2D eigenvalue weighted by atomic mass is 10.3. The Bertz CT molecular complexity index is 510. The van der Waals surface area contributed by atoms with Crippen LogP contribution in [0.25, 0.3) is 0 Å². The van der Waals surface area contributed by atoms with Crippen LogP contribution in [0.15, 0.2) is 11.1 Å². The van der Waals surface area contributed by atoms with Gasteiger partial charge in [-0.15, -0.1) is 0 Å². The molecule has 17 heavy (non-hydrogen) atoms. The minimum Gasteiger partial charge on any atom is -0.392 e. The summed E-state index contributed by atoms with van der Waals surface area (Å²) in [4.78, 5) is 0.0217. The number of nitrogen functional groups attached to an aromatic ring is 1. The maximum absolute atomic E-state index is 12.2. The first-order chi connectivity index (χ1) is 7.95. The second kappa shape index (κ2) is 4.28. The maximum Gasteiger partial charge on any atom is 0.248 e.